The molecule has 0 aliphatic heterocycles. The Bertz CT molecular complexity index is 1140. The van der Waals surface area contributed by atoms with E-state index in [0.717, 1.165) is 18.4 Å². The lowest BCUT2D eigenvalue weighted by Crippen LogP contribution is -2.39. The molecular formula is C23H27N5O3S2. The van der Waals surface area contributed by atoms with Gasteiger partial charge in [-0.15, -0.1) is 11.3 Å². The van der Waals surface area contributed by atoms with Crippen molar-refractivity contribution < 1.29 is 13.7 Å². The summed E-state index contributed by atoms with van der Waals surface area (Å²) in [6.45, 7) is 3.98. The highest BCUT2D eigenvalue weighted by molar-refractivity contribution is 7.87. The van der Waals surface area contributed by atoms with Gasteiger partial charge in [0.1, 0.15) is 11.0 Å². The van der Waals surface area contributed by atoms with Crippen molar-refractivity contribution in [3.05, 3.63) is 47.7 Å². The topological polar surface area (TPSA) is 106 Å². The first kappa shape index (κ1) is 23.3. The van der Waals surface area contributed by atoms with E-state index in [1.807, 2.05) is 43.5 Å². The van der Waals surface area contributed by atoms with Crippen LogP contribution in [0.15, 0.2) is 42.0 Å². The number of anilines is 2. The number of methoxy groups -OCH3 is 1. The first-order chi connectivity index (χ1) is 16.0. The van der Waals surface area contributed by atoms with Gasteiger partial charge in [0.15, 0.2) is 5.13 Å². The molecule has 33 heavy (non-hydrogen) atoms. The molecule has 0 saturated heterocycles. The van der Waals surface area contributed by atoms with Crippen LogP contribution in [0.1, 0.15) is 45.2 Å². The van der Waals surface area contributed by atoms with Crippen molar-refractivity contribution in [2.45, 2.75) is 50.2 Å². The lowest BCUT2D eigenvalue weighted by Gasteiger charge is -2.28. The summed E-state index contributed by atoms with van der Waals surface area (Å²) in [5.41, 5.74) is 2.18. The van der Waals surface area contributed by atoms with E-state index in [1.165, 1.54) is 11.3 Å². The van der Waals surface area contributed by atoms with E-state index in [4.69, 9.17) is 4.74 Å². The van der Waals surface area contributed by atoms with Crippen molar-refractivity contribution in [1.29, 1.82) is 0 Å². The van der Waals surface area contributed by atoms with Crippen LogP contribution in [0.25, 0.3) is 11.3 Å². The highest BCUT2D eigenvalue weighted by atomic mass is 32.2. The van der Waals surface area contributed by atoms with Gasteiger partial charge >= 0.3 is 0 Å². The molecule has 2 N–H and O–H groups in total. The van der Waals surface area contributed by atoms with Crippen molar-refractivity contribution in [2.75, 3.05) is 17.1 Å². The Morgan fingerprint density at radius 2 is 1.91 bits per heavy atom. The van der Waals surface area contributed by atoms with Crippen LogP contribution in [0.5, 0.6) is 5.88 Å². The largest absolute Gasteiger partial charge is 0.480 e. The van der Waals surface area contributed by atoms with E-state index in [1.54, 1.807) is 19.5 Å². The highest BCUT2D eigenvalue weighted by Gasteiger charge is 2.39. The number of benzene rings is 1. The molecule has 3 aromatic rings. The molecule has 0 radical (unpaired) electrons. The molecule has 1 saturated carbocycles. The zero-order chi connectivity index (χ0) is 23.4. The number of carbonyl (C=O) groups is 1. The Morgan fingerprint density at radius 3 is 2.55 bits per heavy atom. The monoisotopic (exact) mass is 485 g/mol. The molecule has 10 heteroatoms. The summed E-state index contributed by atoms with van der Waals surface area (Å²) in [6.07, 6.45) is 6.38. The maximum absolute atomic E-state index is 13.4. The third-order valence-corrected chi connectivity index (χ3v) is 8.27. The van der Waals surface area contributed by atoms with Gasteiger partial charge < -0.3 is 10.1 Å². The molecule has 2 heterocycles. The predicted octanol–water partition coefficient (Wildman–Crippen LogP) is 4.54. The summed E-state index contributed by atoms with van der Waals surface area (Å²) >= 11 is 1.39. The lowest BCUT2D eigenvalue weighted by molar-refractivity contribution is -0.122. The van der Waals surface area contributed by atoms with Crippen LogP contribution >= 0.6 is 11.3 Å². The van der Waals surface area contributed by atoms with E-state index in [2.05, 4.69) is 25.0 Å². The number of carbonyl (C=O) groups excluding carboxylic acids is 1. The number of nitrogens with one attached hydrogen (secondary N) is 2. The zero-order valence-electron chi connectivity index (χ0n) is 18.8. The zero-order valence-corrected chi connectivity index (χ0v) is 20.5. The van der Waals surface area contributed by atoms with Crippen LogP contribution in [-0.2, 0) is 21.2 Å². The Balaban J connectivity index is 1.50. The van der Waals surface area contributed by atoms with Gasteiger partial charge in [-0.2, -0.15) is 0 Å². The van der Waals surface area contributed by atoms with Gasteiger partial charge in [0.05, 0.1) is 41.6 Å². The number of rotatable bonds is 10. The number of hydrogen-bond donors (Lipinski definition) is 2. The third-order valence-electron chi connectivity index (χ3n) is 5.91. The molecule has 1 aliphatic rings. The van der Waals surface area contributed by atoms with Crippen molar-refractivity contribution in [3.63, 3.8) is 0 Å². The van der Waals surface area contributed by atoms with Gasteiger partial charge in [-0.05, 0) is 37.8 Å². The molecule has 174 valence electrons. The van der Waals surface area contributed by atoms with Gasteiger partial charge in [0.25, 0.3) is 0 Å². The Labute approximate surface area is 199 Å². The van der Waals surface area contributed by atoms with Crippen LogP contribution in [-0.4, -0.2) is 37.4 Å². The molecule has 8 nitrogen and oxygen atoms in total. The Morgan fingerprint density at radius 1 is 1.18 bits per heavy atom. The number of hydrogen-bond acceptors (Lipinski definition) is 7. The van der Waals surface area contributed by atoms with Crippen LogP contribution in [0, 0.1) is 0 Å². The van der Waals surface area contributed by atoms with E-state index >= 15 is 0 Å². The molecule has 4 rings (SSSR count). The number of ether oxygens (including phenoxy) is 1. The van der Waals surface area contributed by atoms with E-state index < -0.39 is 16.4 Å². The fraction of sp³-hybridized carbons (Fsp3) is 0.391. The second kappa shape index (κ2) is 9.96. The number of thiazole rings is 1. The summed E-state index contributed by atoms with van der Waals surface area (Å²) in [6, 6.07) is 7.46. The van der Waals surface area contributed by atoms with E-state index in [9.17, 15) is 9.00 Å². The van der Waals surface area contributed by atoms with Crippen LogP contribution in [0.3, 0.4) is 0 Å². The van der Waals surface area contributed by atoms with E-state index in [0.29, 0.717) is 40.9 Å². The van der Waals surface area contributed by atoms with Gasteiger partial charge in [-0.1, -0.05) is 26.0 Å². The Hall–Kier alpha value is -2.85. The Kier molecular flexibility index (Phi) is 7.04. The highest BCUT2D eigenvalue weighted by Crippen LogP contribution is 2.36. The van der Waals surface area contributed by atoms with Gasteiger partial charge in [0, 0.05) is 16.6 Å². The summed E-state index contributed by atoms with van der Waals surface area (Å²) in [7, 11) is 0.438. The second-order valence-corrected chi connectivity index (χ2v) is 10.2. The average Bonchev–Trinajstić information content (AvgIpc) is 3.60. The van der Waals surface area contributed by atoms with Gasteiger partial charge in [-0.3, -0.25) is 14.5 Å². The minimum Gasteiger partial charge on any atom is -0.480 e. The lowest BCUT2D eigenvalue weighted by atomic mass is 9.78. The minimum atomic E-state index is -1.11. The number of nitrogens with zero attached hydrogens (tertiary/aromatic N) is 3. The average molecular weight is 486 g/mol. The first-order valence-electron chi connectivity index (χ1n) is 10.9. The van der Waals surface area contributed by atoms with Gasteiger partial charge in [-0.25, -0.2) is 14.2 Å². The third kappa shape index (κ3) is 5.06. The van der Waals surface area contributed by atoms with Crippen molar-refractivity contribution in [3.8, 4) is 17.1 Å². The molecule has 1 atom stereocenters. The van der Waals surface area contributed by atoms with Crippen molar-refractivity contribution in [1.82, 2.24) is 15.0 Å². The quantitative estimate of drug-likeness (QED) is 0.437. The predicted molar refractivity (Wildman–Crippen MR) is 132 cm³/mol. The van der Waals surface area contributed by atoms with Crippen molar-refractivity contribution >= 4 is 39.0 Å². The molecule has 1 amide bonds. The van der Waals surface area contributed by atoms with Crippen LogP contribution < -0.4 is 14.8 Å². The smallest absolute Gasteiger partial charge is 0.236 e. The molecule has 0 spiro atoms. The molecule has 1 aromatic carbocycles. The SMILES string of the molecule is CCC(CC)(C(=O)Nc1ccc(-c2cncc(OC)n2)cc1)c1csc(NS(=O)C2CC2)n1. The molecule has 1 aliphatic carbocycles. The van der Waals surface area contributed by atoms with Crippen molar-refractivity contribution in [2.24, 2.45) is 0 Å². The molecule has 0 bridgehead atoms. The van der Waals surface area contributed by atoms with Gasteiger partial charge in [0.2, 0.25) is 11.8 Å². The summed E-state index contributed by atoms with van der Waals surface area (Å²) in [4.78, 5) is 26.6. The van der Waals surface area contributed by atoms with E-state index in [-0.39, 0.29) is 11.2 Å². The minimum absolute atomic E-state index is 0.110. The number of amides is 1. The fourth-order valence-corrected chi connectivity index (χ4v) is 5.64. The summed E-state index contributed by atoms with van der Waals surface area (Å²) < 4.78 is 20.3. The number of aromatic nitrogens is 3. The summed E-state index contributed by atoms with van der Waals surface area (Å²) in [5, 5.41) is 5.75. The second-order valence-electron chi connectivity index (χ2n) is 7.90. The standard InChI is InChI=1S/C23H27N5O3S2/c1-4-23(5-2,19-14-32-22(27-19)28-33(30)17-10-11-17)21(29)25-16-8-6-15(7-9-16)18-12-24-13-20(26-18)31-3/h6-9,12-14,17H,4-5,10-11H2,1-3H3,(H,25,29)(H,27,28). The molecule has 2 aromatic heterocycles. The fourth-order valence-electron chi connectivity index (χ4n) is 3.60. The normalized spacial score (nSPS) is 14.5. The molecule has 1 fully saturated rings. The molecule has 1 unspecified atom stereocenters. The maximum Gasteiger partial charge on any atom is 0.236 e. The molecular weight excluding hydrogens is 458 g/mol. The van der Waals surface area contributed by atoms with Crippen LogP contribution in [0.4, 0.5) is 10.8 Å². The first-order valence-corrected chi connectivity index (χ1v) is 13.0. The summed E-state index contributed by atoms with van der Waals surface area (Å²) in [5.74, 6) is 0.334. The maximum atomic E-state index is 13.4. The van der Waals surface area contributed by atoms with Crippen LogP contribution in [0.2, 0.25) is 0 Å².